The fourth-order valence-electron chi connectivity index (χ4n) is 1.59. The molecule has 0 fully saturated rings. The Bertz CT molecular complexity index is 465. The van der Waals surface area contributed by atoms with E-state index in [-0.39, 0.29) is 13.4 Å². The average Bonchev–Trinajstić information content (AvgIpc) is 2.83. The molecule has 0 aliphatic carbocycles. The number of hydrogen-bond acceptors (Lipinski definition) is 5. The molecule has 0 bridgehead atoms. The summed E-state index contributed by atoms with van der Waals surface area (Å²) in [4.78, 5) is 11.0. The maximum atomic E-state index is 11.0. The number of aliphatic hydroxyl groups excluding tert-OH is 1. The second-order valence-corrected chi connectivity index (χ2v) is 4.41. The molecule has 1 amide bonds. The first-order valence-electron chi connectivity index (χ1n) is 5.24. The molecule has 1 aromatic carbocycles. The van der Waals surface area contributed by atoms with Gasteiger partial charge in [0.1, 0.15) is 12.7 Å². The third-order valence-corrected chi connectivity index (χ3v) is 3.13. The SMILES string of the molecule is CNC(=O)OCC(O)c1c(Br)ccc2c1OCO2. The third kappa shape index (κ3) is 2.51. The van der Waals surface area contributed by atoms with Gasteiger partial charge in [0, 0.05) is 17.1 Å². The van der Waals surface area contributed by atoms with Crippen LogP contribution >= 0.6 is 15.9 Å². The summed E-state index contributed by atoms with van der Waals surface area (Å²) in [6, 6.07) is 3.48. The maximum Gasteiger partial charge on any atom is 0.406 e. The Hall–Kier alpha value is -1.47. The van der Waals surface area contributed by atoms with Gasteiger partial charge in [0.15, 0.2) is 11.5 Å². The molecule has 0 aromatic heterocycles. The zero-order valence-corrected chi connectivity index (χ0v) is 11.2. The van der Waals surface area contributed by atoms with Gasteiger partial charge in [0.05, 0.1) is 0 Å². The second kappa shape index (κ2) is 5.45. The number of alkyl carbamates (subject to hydrolysis) is 1. The molecule has 7 heteroatoms. The lowest BCUT2D eigenvalue weighted by molar-refractivity contribution is 0.0667. The molecule has 1 aliphatic heterocycles. The molecular weight excluding hydrogens is 306 g/mol. The fourth-order valence-corrected chi connectivity index (χ4v) is 2.17. The average molecular weight is 318 g/mol. The molecule has 1 aliphatic rings. The number of carbonyl (C=O) groups is 1. The highest BCUT2D eigenvalue weighted by atomic mass is 79.9. The Morgan fingerprint density at radius 1 is 1.61 bits per heavy atom. The number of amides is 1. The summed E-state index contributed by atoms with van der Waals surface area (Å²) in [6.45, 7) is -0.0557. The Morgan fingerprint density at radius 3 is 3.11 bits per heavy atom. The first-order chi connectivity index (χ1) is 8.63. The van der Waals surface area contributed by atoms with E-state index in [0.717, 1.165) is 0 Å². The van der Waals surface area contributed by atoms with Crippen LogP contribution in [0, 0.1) is 0 Å². The van der Waals surface area contributed by atoms with E-state index in [1.807, 2.05) is 0 Å². The van der Waals surface area contributed by atoms with Crippen molar-refractivity contribution < 1.29 is 24.1 Å². The Labute approximate surface area is 112 Å². The van der Waals surface area contributed by atoms with E-state index < -0.39 is 12.2 Å². The van der Waals surface area contributed by atoms with Gasteiger partial charge < -0.3 is 24.6 Å². The molecule has 0 spiro atoms. The summed E-state index contributed by atoms with van der Waals surface area (Å²) >= 11 is 3.32. The first kappa shape index (κ1) is 13.0. The molecule has 2 rings (SSSR count). The standard InChI is InChI=1S/C11H12BrNO5/c1-13-11(15)16-4-7(14)9-6(12)2-3-8-10(9)18-5-17-8/h2-3,7,14H,4-5H2,1H3,(H,13,15). The zero-order chi connectivity index (χ0) is 13.1. The Morgan fingerprint density at radius 2 is 2.39 bits per heavy atom. The molecular formula is C11H12BrNO5. The Kier molecular flexibility index (Phi) is 3.93. The maximum absolute atomic E-state index is 11.0. The number of ether oxygens (including phenoxy) is 3. The number of carbonyl (C=O) groups excluding carboxylic acids is 1. The van der Waals surface area contributed by atoms with Crippen LogP contribution in [0.25, 0.3) is 0 Å². The minimum atomic E-state index is -0.992. The number of hydrogen-bond donors (Lipinski definition) is 2. The molecule has 0 saturated heterocycles. The molecule has 1 heterocycles. The lowest BCUT2D eigenvalue weighted by Crippen LogP contribution is -2.22. The number of benzene rings is 1. The van der Waals surface area contributed by atoms with Crippen LogP contribution in [0.15, 0.2) is 16.6 Å². The molecule has 1 aromatic rings. The number of aliphatic hydroxyl groups is 1. The van der Waals surface area contributed by atoms with Crippen molar-refractivity contribution in [3.8, 4) is 11.5 Å². The third-order valence-electron chi connectivity index (χ3n) is 2.43. The highest BCUT2D eigenvalue weighted by molar-refractivity contribution is 9.10. The smallest absolute Gasteiger partial charge is 0.406 e. The fraction of sp³-hybridized carbons (Fsp3) is 0.364. The van der Waals surface area contributed by atoms with Crippen molar-refractivity contribution in [2.75, 3.05) is 20.4 Å². The van der Waals surface area contributed by atoms with Crippen LogP contribution in [0.4, 0.5) is 4.79 Å². The van der Waals surface area contributed by atoms with Gasteiger partial charge in [-0.3, -0.25) is 0 Å². The van der Waals surface area contributed by atoms with Gasteiger partial charge in [-0.2, -0.15) is 0 Å². The summed E-state index contributed by atoms with van der Waals surface area (Å²) in [6.07, 6.45) is -1.59. The quantitative estimate of drug-likeness (QED) is 0.884. The molecule has 18 heavy (non-hydrogen) atoms. The predicted octanol–water partition coefficient (Wildman–Crippen LogP) is 1.57. The van der Waals surface area contributed by atoms with E-state index in [4.69, 9.17) is 14.2 Å². The van der Waals surface area contributed by atoms with Crippen molar-refractivity contribution in [1.82, 2.24) is 5.32 Å². The number of halogens is 1. The summed E-state index contributed by atoms with van der Waals surface area (Å²) in [7, 11) is 1.45. The van der Waals surface area contributed by atoms with Crippen LogP contribution in [0.1, 0.15) is 11.7 Å². The molecule has 2 N–H and O–H groups in total. The minimum absolute atomic E-state index is 0.113. The zero-order valence-electron chi connectivity index (χ0n) is 9.60. The van der Waals surface area contributed by atoms with E-state index in [9.17, 15) is 9.90 Å². The van der Waals surface area contributed by atoms with E-state index >= 15 is 0 Å². The molecule has 6 nitrogen and oxygen atoms in total. The lowest BCUT2D eigenvalue weighted by atomic mass is 10.1. The summed E-state index contributed by atoms with van der Waals surface area (Å²) in [5.41, 5.74) is 0.508. The number of nitrogens with one attached hydrogen (secondary N) is 1. The van der Waals surface area contributed by atoms with Crippen molar-refractivity contribution in [1.29, 1.82) is 0 Å². The van der Waals surface area contributed by atoms with Crippen LogP contribution in [-0.2, 0) is 4.74 Å². The van der Waals surface area contributed by atoms with Crippen molar-refractivity contribution in [3.63, 3.8) is 0 Å². The summed E-state index contributed by atoms with van der Waals surface area (Å²) < 4.78 is 16.0. The molecule has 1 atom stereocenters. The molecule has 0 radical (unpaired) electrons. The van der Waals surface area contributed by atoms with Crippen LogP contribution < -0.4 is 14.8 Å². The van der Waals surface area contributed by atoms with Gasteiger partial charge in [-0.05, 0) is 12.1 Å². The monoisotopic (exact) mass is 317 g/mol. The van der Waals surface area contributed by atoms with Gasteiger partial charge in [-0.25, -0.2) is 4.79 Å². The summed E-state index contributed by atoms with van der Waals surface area (Å²) in [5.74, 6) is 1.03. The van der Waals surface area contributed by atoms with E-state index in [0.29, 0.717) is 21.5 Å². The normalized spacial score (nSPS) is 14.2. The highest BCUT2D eigenvalue weighted by Gasteiger charge is 2.25. The van der Waals surface area contributed by atoms with Crippen molar-refractivity contribution in [2.24, 2.45) is 0 Å². The topological polar surface area (TPSA) is 77.0 Å². The van der Waals surface area contributed by atoms with Gasteiger partial charge in [-0.1, -0.05) is 15.9 Å². The minimum Gasteiger partial charge on any atom is -0.454 e. The van der Waals surface area contributed by atoms with Crippen molar-refractivity contribution >= 4 is 22.0 Å². The van der Waals surface area contributed by atoms with Gasteiger partial charge >= 0.3 is 6.09 Å². The first-order valence-corrected chi connectivity index (χ1v) is 6.03. The van der Waals surface area contributed by atoms with Gasteiger partial charge in [0.2, 0.25) is 6.79 Å². The van der Waals surface area contributed by atoms with Crippen LogP contribution in [0.3, 0.4) is 0 Å². The van der Waals surface area contributed by atoms with Crippen molar-refractivity contribution in [2.45, 2.75) is 6.10 Å². The van der Waals surface area contributed by atoms with E-state index in [1.165, 1.54) is 7.05 Å². The second-order valence-electron chi connectivity index (χ2n) is 3.56. The molecule has 98 valence electrons. The number of fused-ring (bicyclic) bond motifs is 1. The number of rotatable bonds is 3. The van der Waals surface area contributed by atoms with E-state index in [2.05, 4.69) is 21.2 Å². The highest BCUT2D eigenvalue weighted by Crippen LogP contribution is 2.42. The van der Waals surface area contributed by atoms with Gasteiger partial charge in [-0.15, -0.1) is 0 Å². The predicted molar refractivity (Wildman–Crippen MR) is 65.6 cm³/mol. The Balaban J connectivity index is 2.17. The molecule has 0 saturated carbocycles. The lowest BCUT2D eigenvalue weighted by Gasteiger charge is -2.15. The van der Waals surface area contributed by atoms with Crippen LogP contribution in [-0.4, -0.2) is 31.6 Å². The van der Waals surface area contributed by atoms with Crippen LogP contribution in [0.5, 0.6) is 11.5 Å². The molecule has 1 unspecified atom stereocenters. The van der Waals surface area contributed by atoms with Crippen molar-refractivity contribution in [3.05, 3.63) is 22.2 Å². The van der Waals surface area contributed by atoms with E-state index in [1.54, 1.807) is 12.1 Å². The van der Waals surface area contributed by atoms with Gasteiger partial charge in [0.25, 0.3) is 0 Å². The largest absolute Gasteiger partial charge is 0.454 e. The van der Waals surface area contributed by atoms with Crippen LogP contribution in [0.2, 0.25) is 0 Å². The summed E-state index contributed by atoms with van der Waals surface area (Å²) in [5, 5.41) is 12.3.